The van der Waals surface area contributed by atoms with Gasteiger partial charge in [0, 0.05) is 53.4 Å². The Morgan fingerprint density at radius 1 is 1.09 bits per heavy atom. The molecule has 342 valence electrons. The molecular weight excluding hydrogens is 870 g/mol. The van der Waals surface area contributed by atoms with Crippen LogP contribution in [0.15, 0.2) is 60.0 Å². The first-order chi connectivity index (χ1) is 30.7. The number of benzene rings is 2. The zero-order valence-electron chi connectivity index (χ0n) is 35.9. The van der Waals surface area contributed by atoms with Gasteiger partial charge in [0.25, 0.3) is 0 Å². The maximum Gasteiger partial charge on any atom is 0.408 e. The van der Waals surface area contributed by atoms with Crippen LogP contribution in [0, 0.1) is 17.6 Å². The topological polar surface area (TPSA) is 191 Å². The average Bonchev–Trinajstić information content (AvgIpc) is 3.67. The van der Waals surface area contributed by atoms with Gasteiger partial charge in [-0.25, -0.2) is 23.5 Å². The number of carbonyl (C=O) groups is 3. The Balaban J connectivity index is 1.14. The Hall–Kier alpha value is -5.16. The van der Waals surface area contributed by atoms with E-state index < -0.39 is 78.0 Å². The molecule has 0 spiro atoms. The molecule has 15 nitrogen and oxygen atoms in total. The van der Waals surface area contributed by atoms with Gasteiger partial charge in [-0.2, -0.15) is 0 Å². The number of methoxy groups -OCH3 is 1. The van der Waals surface area contributed by atoms with Crippen molar-refractivity contribution in [1.29, 1.82) is 0 Å². The molecule has 1 unspecified atom stereocenters. The quantitative estimate of drug-likeness (QED) is 0.0857. The summed E-state index contributed by atoms with van der Waals surface area (Å²) in [5.74, 6) is -3.07. The molecule has 0 bridgehead atoms. The van der Waals surface area contributed by atoms with E-state index in [4.69, 9.17) is 28.9 Å². The Morgan fingerprint density at radius 2 is 1.88 bits per heavy atom. The lowest BCUT2D eigenvalue weighted by molar-refractivity contribution is -0.141. The molecule has 4 aromatic rings. The van der Waals surface area contributed by atoms with E-state index in [1.807, 2.05) is 25.3 Å². The SMILES string of the molecule is COc1ccc2c(O[C@@H]3C[C@H]4C(=O)N[C@]5(P(=O)(O)Cc6c(F)cccc6F)C[C@H]5/C=C\CCCOC[C@H](NC(=O)OC5CCCC5)C(=O)N4C3)cc(-c3csc(NC(C)C)n3)nc2c1. The molecule has 2 aromatic carbocycles. The number of allylic oxidation sites excluding steroid dienone is 1. The number of hydrogen-bond acceptors (Lipinski definition) is 12. The molecular formula is C45H53F2N6O9PS. The molecule has 2 aliphatic carbocycles. The van der Waals surface area contributed by atoms with Crippen molar-refractivity contribution in [2.75, 3.05) is 32.2 Å². The van der Waals surface area contributed by atoms with Crippen LogP contribution in [-0.2, 0) is 29.8 Å². The van der Waals surface area contributed by atoms with Gasteiger partial charge in [0.15, 0.2) is 5.13 Å². The smallest absolute Gasteiger partial charge is 0.408 e. The molecule has 3 fully saturated rings. The summed E-state index contributed by atoms with van der Waals surface area (Å²) >= 11 is 1.43. The number of ether oxygens (including phenoxy) is 4. The highest BCUT2D eigenvalue weighted by Gasteiger charge is 2.66. The van der Waals surface area contributed by atoms with E-state index in [2.05, 4.69) is 16.0 Å². The van der Waals surface area contributed by atoms with Crippen molar-refractivity contribution in [2.24, 2.45) is 5.92 Å². The highest BCUT2D eigenvalue weighted by molar-refractivity contribution is 7.59. The summed E-state index contributed by atoms with van der Waals surface area (Å²) in [6.45, 7) is 3.90. The zero-order valence-corrected chi connectivity index (χ0v) is 37.6. The van der Waals surface area contributed by atoms with Crippen molar-refractivity contribution in [3.63, 3.8) is 0 Å². The van der Waals surface area contributed by atoms with Crippen molar-refractivity contribution in [2.45, 2.75) is 107 Å². The maximum absolute atomic E-state index is 14.9. The second-order valence-corrected chi connectivity index (χ2v) is 20.5. The number of anilines is 1. The van der Waals surface area contributed by atoms with E-state index >= 15 is 0 Å². The fraction of sp³-hybridized carbons (Fsp3) is 0.489. The Morgan fingerprint density at radius 3 is 2.62 bits per heavy atom. The average molecular weight is 923 g/mol. The first-order valence-electron chi connectivity index (χ1n) is 21.7. The first kappa shape index (κ1) is 45.4. The molecule has 19 heteroatoms. The number of alkyl carbamates (subject to hydrolysis) is 1. The highest BCUT2D eigenvalue weighted by Crippen LogP contribution is 2.71. The number of carbonyl (C=O) groups excluding carboxylic acids is 3. The molecule has 2 aromatic heterocycles. The lowest BCUT2D eigenvalue weighted by atomic mass is 10.1. The highest BCUT2D eigenvalue weighted by atomic mass is 32.1. The first-order valence-corrected chi connectivity index (χ1v) is 24.4. The number of halogens is 2. The molecule has 4 heterocycles. The van der Waals surface area contributed by atoms with Gasteiger partial charge in [-0.3, -0.25) is 14.2 Å². The standard InChI is InChI=1S/C45H53F2N6O9PS/c1-26(2)48-43-50-38(25-64-43)36-20-40(31-16-15-29(59-3)18-35(31)49-36)61-30-19-39-41(54)52-45(63(57,58)24-32-33(46)13-9-14-34(32)47)21-27(45)10-5-4-8-17-60-23-37(42(55)53(39)22-30)51-44(56)62-28-11-6-7-12-28/h5,9-10,13-16,18,20,25-28,30,37,39H,4,6-8,11-12,17,19,21-24H2,1-3H3,(H,48,50)(H,51,56)(H,52,54)(H,57,58)/b10-5-/t27-,30-,37+,39+,45+/m1/s1. The van der Waals surface area contributed by atoms with E-state index in [0.717, 1.165) is 25.0 Å². The van der Waals surface area contributed by atoms with Crippen molar-refractivity contribution < 1.29 is 51.6 Å². The molecule has 64 heavy (non-hydrogen) atoms. The second kappa shape index (κ2) is 19.1. The monoisotopic (exact) mass is 922 g/mol. The maximum atomic E-state index is 14.9. The predicted molar refractivity (Wildman–Crippen MR) is 236 cm³/mol. The van der Waals surface area contributed by atoms with Gasteiger partial charge in [0.05, 0.1) is 37.6 Å². The lowest BCUT2D eigenvalue weighted by Gasteiger charge is -2.31. The molecule has 1 saturated heterocycles. The van der Waals surface area contributed by atoms with Crippen LogP contribution in [0.25, 0.3) is 22.3 Å². The second-order valence-electron chi connectivity index (χ2n) is 17.1. The summed E-state index contributed by atoms with van der Waals surface area (Å²) in [5.41, 5.74) is 1.09. The zero-order chi connectivity index (χ0) is 45.2. The minimum absolute atomic E-state index is 0.0215. The number of amides is 3. The Bertz CT molecular complexity index is 2450. The number of thiazole rings is 1. The molecule has 2 aliphatic heterocycles. The largest absolute Gasteiger partial charge is 0.497 e. The van der Waals surface area contributed by atoms with Crippen molar-refractivity contribution >= 4 is 52.6 Å². The van der Waals surface area contributed by atoms with E-state index in [9.17, 15) is 32.6 Å². The van der Waals surface area contributed by atoms with E-state index in [-0.39, 0.29) is 44.7 Å². The summed E-state index contributed by atoms with van der Waals surface area (Å²) in [6, 6.07) is 7.88. The Kier molecular flexibility index (Phi) is 13.6. The van der Waals surface area contributed by atoms with Gasteiger partial charge in [-0.1, -0.05) is 18.2 Å². The number of aromatic nitrogens is 2. The molecule has 6 atom stereocenters. The number of hydrogen-bond donors (Lipinski definition) is 4. The van der Waals surface area contributed by atoms with Gasteiger partial charge < -0.3 is 44.7 Å². The molecule has 0 radical (unpaired) electrons. The molecule has 4 N–H and O–H groups in total. The summed E-state index contributed by atoms with van der Waals surface area (Å²) in [4.78, 5) is 65.5. The number of nitrogens with zero attached hydrogens (tertiary/aromatic N) is 3. The predicted octanol–water partition coefficient (Wildman–Crippen LogP) is 7.52. The fourth-order valence-corrected chi connectivity index (χ4v) is 12.0. The van der Waals surface area contributed by atoms with Crippen LogP contribution in [-0.4, -0.2) is 100 Å². The number of fused-ring (bicyclic) bond motifs is 3. The molecule has 2 saturated carbocycles. The third-order valence-corrected chi connectivity index (χ3v) is 15.6. The van der Waals surface area contributed by atoms with Gasteiger partial charge in [-0.15, -0.1) is 11.3 Å². The molecule has 3 amide bonds. The van der Waals surface area contributed by atoms with Crippen LogP contribution in [0.5, 0.6) is 11.5 Å². The van der Waals surface area contributed by atoms with Crippen molar-refractivity contribution in [3.8, 4) is 22.9 Å². The summed E-state index contributed by atoms with van der Waals surface area (Å²) in [7, 11) is -3.07. The lowest BCUT2D eigenvalue weighted by Crippen LogP contribution is -2.56. The van der Waals surface area contributed by atoms with E-state index in [1.54, 1.807) is 37.5 Å². The van der Waals surface area contributed by atoms with Gasteiger partial charge in [0.1, 0.15) is 58.4 Å². The number of rotatable bonds is 11. The van der Waals surface area contributed by atoms with Crippen molar-refractivity contribution in [3.05, 3.63) is 77.2 Å². The van der Waals surface area contributed by atoms with Gasteiger partial charge >= 0.3 is 6.09 Å². The van der Waals surface area contributed by atoms with Gasteiger partial charge in [-0.05, 0) is 83.1 Å². The van der Waals surface area contributed by atoms with Crippen LogP contribution in [0.4, 0.5) is 18.7 Å². The molecule has 4 aliphatic rings. The van der Waals surface area contributed by atoms with Crippen LogP contribution < -0.4 is 25.4 Å². The Labute approximate surface area is 373 Å². The van der Waals surface area contributed by atoms with E-state index in [0.29, 0.717) is 64.6 Å². The fourth-order valence-electron chi connectivity index (χ4n) is 8.74. The summed E-state index contributed by atoms with van der Waals surface area (Å²) < 4.78 is 68.2. The normalized spacial score (nSPS) is 25.6. The van der Waals surface area contributed by atoms with Gasteiger partial charge in [0.2, 0.25) is 19.2 Å². The number of pyridine rings is 1. The third kappa shape index (κ3) is 9.89. The van der Waals surface area contributed by atoms with Crippen molar-refractivity contribution in [1.82, 2.24) is 25.5 Å². The van der Waals surface area contributed by atoms with Crippen LogP contribution in [0.1, 0.15) is 70.8 Å². The number of nitrogens with one attached hydrogen (secondary N) is 3. The van der Waals surface area contributed by atoms with Crippen LogP contribution in [0.2, 0.25) is 0 Å². The minimum atomic E-state index is -4.62. The summed E-state index contributed by atoms with van der Waals surface area (Å²) in [5, 5.41) is 10.2. The minimum Gasteiger partial charge on any atom is -0.497 e. The molecule has 8 rings (SSSR count). The van der Waals surface area contributed by atoms with Crippen LogP contribution >= 0.6 is 18.7 Å². The van der Waals surface area contributed by atoms with Crippen LogP contribution in [0.3, 0.4) is 0 Å². The third-order valence-electron chi connectivity index (χ3n) is 12.2. The summed E-state index contributed by atoms with van der Waals surface area (Å²) in [6.07, 6.45) is 5.01. The van der Waals surface area contributed by atoms with E-state index in [1.165, 1.54) is 22.3 Å².